The van der Waals surface area contributed by atoms with Crippen LogP contribution in [0.15, 0.2) is 53.1 Å². The van der Waals surface area contributed by atoms with Gasteiger partial charge in [-0.3, -0.25) is 0 Å². The molecule has 4 nitrogen and oxygen atoms in total. The van der Waals surface area contributed by atoms with Gasteiger partial charge in [0.05, 0.1) is 12.0 Å². The second-order valence-electron chi connectivity index (χ2n) is 4.55. The Kier molecular flexibility index (Phi) is 4.39. The molecule has 2 rings (SSSR count). The number of furan rings is 1. The molecule has 0 saturated carbocycles. The van der Waals surface area contributed by atoms with Crippen LogP contribution >= 0.6 is 0 Å². The van der Waals surface area contributed by atoms with Crippen LogP contribution in [0.5, 0.6) is 0 Å². The van der Waals surface area contributed by atoms with Crippen molar-refractivity contribution in [3.8, 4) is 0 Å². The summed E-state index contributed by atoms with van der Waals surface area (Å²) in [5.41, 5.74) is 0.778. The Morgan fingerprint density at radius 1 is 1.16 bits per heavy atom. The van der Waals surface area contributed by atoms with E-state index in [1.165, 1.54) is 0 Å². The molecule has 1 aromatic carbocycles. The highest BCUT2D eigenvalue weighted by Crippen LogP contribution is 2.08. The highest BCUT2D eigenvalue weighted by atomic mass is 32.2. The maximum absolute atomic E-state index is 12.0. The minimum absolute atomic E-state index is 0.00364. The smallest absolute Gasteiger partial charge is 0.216 e. The molecule has 0 spiro atoms. The van der Waals surface area contributed by atoms with Gasteiger partial charge in [0.15, 0.2) is 0 Å². The molecule has 1 atom stereocenters. The van der Waals surface area contributed by atoms with E-state index in [9.17, 15) is 8.42 Å². The minimum atomic E-state index is -3.33. The van der Waals surface area contributed by atoms with Crippen LogP contribution in [0.25, 0.3) is 0 Å². The van der Waals surface area contributed by atoms with E-state index >= 15 is 0 Å². The fraction of sp³-hybridized carbons (Fsp3) is 0.286. The molecule has 0 aliphatic carbocycles. The fourth-order valence-corrected chi connectivity index (χ4v) is 3.33. The highest BCUT2D eigenvalue weighted by molar-refractivity contribution is 7.88. The normalized spacial score (nSPS) is 13.3. The SMILES string of the molecule is C[C@H](Cc1ccco1)NS(=O)(=O)Cc1ccccc1. The second kappa shape index (κ2) is 6.04. The molecule has 0 aliphatic heterocycles. The van der Waals surface area contributed by atoms with Crippen LogP contribution < -0.4 is 4.72 Å². The number of sulfonamides is 1. The Balaban J connectivity index is 1.93. The Morgan fingerprint density at radius 2 is 1.89 bits per heavy atom. The van der Waals surface area contributed by atoms with E-state index in [0.717, 1.165) is 11.3 Å². The molecule has 0 aliphatic rings. The fourth-order valence-electron chi connectivity index (χ4n) is 1.91. The van der Waals surface area contributed by atoms with Crippen LogP contribution in [0.3, 0.4) is 0 Å². The molecule has 0 bridgehead atoms. The summed E-state index contributed by atoms with van der Waals surface area (Å²) in [4.78, 5) is 0. The Labute approximate surface area is 113 Å². The summed E-state index contributed by atoms with van der Waals surface area (Å²) in [5.74, 6) is 0.769. The van der Waals surface area contributed by atoms with Gasteiger partial charge < -0.3 is 4.42 Å². The molecule has 1 N–H and O–H groups in total. The third kappa shape index (κ3) is 4.54. The van der Waals surface area contributed by atoms with Crippen LogP contribution in [0.1, 0.15) is 18.2 Å². The Bertz CT molecular complexity index is 591. The van der Waals surface area contributed by atoms with Gasteiger partial charge in [0.1, 0.15) is 5.76 Å². The highest BCUT2D eigenvalue weighted by Gasteiger charge is 2.16. The molecule has 0 amide bonds. The lowest BCUT2D eigenvalue weighted by molar-refractivity contribution is 0.479. The average Bonchev–Trinajstić information content (AvgIpc) is 2.81. The van der Waals surface area contributed by atoms with E-state index < -0.39 is 10.0 Å². The van der Waals surface area contributed by atoms with Crippen LogP contribution in [0, 0.1) is 0 Å². The van der Waals surface area contributed by atoms with E-state index in [0.29, 0.717) is 6.42 Å². The van der Waals surface area contributed by atoms with Gasteiger partial charge in [-0.1, -0.05) is 30.3 Å². The maximum atomic E-state index is 12.0. The minimum Gasteiger partial charge on any atom is -0.469 e. The van der Waals surface area contributed by atoms with Crippen molar-refractivity contribution in [2.45, 2.75) is 25.1 Å². The molecule has 1 aromatic heterocycles. The zero-order valence-electron chi connectivity index (χ0n) is 10.7. The van der Waals surface area contributed by atoms with Gasteiger partial charge in [-0.25, -0.2) is 13.1 Å². The summed E-state index contributed by atoms with van der Waals surface area (Å²) in [6, 6.07) is 12.6. The number of nitrogens with one attached hydrogen (secondary N) is 1. The summed E-state index contributed by atoms with van der Waals surface area (Å²) in [6.45, 7) is 1.82. The third-order valence-electron chi connectivity index (χ3n) is 2.67. The van der Waals surface area contributed by atoms with Gasteiger partial charge in [0, 0.05) is 12.5 Å². The lowest BCUT2D eigenvalue weighted by Gasteiger charge is -2.13. The van der Waals surface area contributed by atoms with Crippen molar-refractivity contribution in [3.63, 3.8) is 0 Å². The molecule has 5 heteroatoms. The lowest BCUT2D eigenvalue weighted by Crippen LogP contribution is -2.34. The molecule has 0 radical (unpaired) electrons. The first kappa shape index (κ1) is 13.8. The van der Waals surface area contributed by atoms with Crippen LogP contribution in [0.4, 0.5) is 0 Å². The Hall–Kier alpha value is -1.59. The van der Waals surface area contributed by atoms with Crippen molar-refractivity contribution in [1.82, 2.24) is 4.72 Å². The number of rotatable bonds is 6. The van der Waals surface area contributed by atoms with Gasteiger partial charge >= 0.3 is 0 Å². The van der Waals surface area contributed by atoms with Crippen molar-refractivity contribution in [2.75, 3.05) is 0 Å². The van der Waals surface area contributed by atoms with Crippen LogP contribution in [0.2, 0.25) is 0 Å². The molecule has 0 fully saturated rings. The van der Waals surface area contributed by atoms with Gasteiger partial charge in [-0.15, -0.1) is 0 Å². The van der Waals surface area contributed by atoms with Crippen molar-refractivity contribution in [3.05, 3.63) is 60.1 Å². The van der Waals surface area contributed by atoms with Gasteiger partial charge in [-0.2, -0.15) is 0 Å². The zero-order valence-corrected chi connectivity index (χ0v) is 11.6. The van der Waals surface area contributed by atoms with Gasteiger partial charge in [0.2, 0.25) is 10.0 Å². The van der Waals surface area contributed by atoms with Crippen LogP contribution in [-0.2, 0) is 22.2 Å². The first-order valence-electron chi connectivity index (χ1n) is 6.11. The van der Waals surface area contributed by atoms with Crippen molar-refractivity contribution in [2.24, 2.45) is 0 Å². The first-order valence-corrected chi connectivity index (χ1v) is 7.77. The maximum Gasteiger partial charge on any atom is 0.216 e. The molecule has 1 heterocycles. The molecule has 0 saturated heterocycles. The number of benzene rings is 1. The molecule has 19 heavy (non-hydrogen) atoms. The van der Waals surface area contributed by atoms with Crippen molar-refractivity contribution < 1.29 is 12.8 Å². The van der Waals surface area contributed by atoms with Crippen molar-refractivity contribution >= 4 is 10.0 Å². The summed E-state index contributed by atoms with van der Waals surface area (Å²) >= 11 is 0. The summed E-state index contributed by atoms with van der Waals surface area (Å²) in [7, 11) is -3.33. The monoisotopic (exact) mass is 279 g/mol. The largest absolute Gasteiger partial charge is 0.469 e. The van der Waals surface area contributed by atoms with Crippen molar-refractivity contribution in [1.29, 1.82) is 0 Å². The van der Waals surface area contributed by atoms with E-state index in [2.05, 4.69) is 4.72 Å². The molecule has 0 unspecified atom stereocenters. The molecular formula is C14H17NO3S. The van der Waals surface area contributed by atoms with Crippen LogP contribution in [-0.4, -0.2) is 14.5 Å². The standard InChI is InChI=1S/C14H17NO3S/c1-12(10-14-8-5-9-18-14)15-19(16,17)11-13-6-3-2-4-7-13/h2-9,12,15H,10-11H2,1H3/t12-/m1/s1. The molecular weight excluding hydrogens is 262 g/mol. The van der Waals surface area contributed by atoms with E-state index in [4.69, 9.17) is 4.42 Å². The van der Waals surface area contributed by atoms with Gasteiger partial charge in [0.25, 0.3) is 0 Å². The molecule has 2 aromatic rings. The quantitative estimate of drug-likeness (QED) is 0.883. The number of hydrogen-bond acceptors (Lipinski definition) is 3. The lowest BCUT2D eigenvalue weighted by atomic mass is 10.2. The third-order valence-corrected chi connectivity index (χ3v) is 4.14. The summed E-state index contributed by atoms with van der Waals surface area (Å²) < 4.78 is 31.9. The zero-order chi connectivity index (χ0) is 13.7. The Morgan fingerprint density at radius 3 is 2.53 bits per heavy atom. The van der Waals surface area contributed by atoms with E-state index in [1.54, 1.807) is 24.5 Å². The van der Waals surface area contributed by atoms with E-state index in [-0.39, 0.29) is 11.8 Å². The first-order chi connectivity index (χ1) is 9.05. The van der Waals surface area contributed by atoms with Gasteiger partial charge in [-0.05, 0) is 24.6 Å². The predicted octanol–water partition coefficient (Wildman–Crippen LogP) is 2.33. The topological polar surface area (TPSA) is 59.3 Å². The van der Waals surface area contributed by atoms with E-state index in [1.807, 2.05) is 31.2 Å². The predicted molar refractivity (Wildman–Crippen MR) is 74.1 cm³/mol. The molecule has 102 valence electrons. The second-order valence-corrected chi connectivity index (χ2v) is 6.30. The summed E-state index contributed by atoms with van der Waals surface area (Å²) in [6.07, 6.45) is 2.13. The number of hydrogen-bond donors (Lipinski definition) is 1. The summed E-state index contributed by atoms with van der Waals surface area (Å²) in [5, 5.41) is 0. The average molecular weight is 279 g/mol.